The van der Waals surface area contributed by atoms with Crippen LogP contribution in [0.2, 0.25) is 0 Å². The van der Waals surface area contributed by atoms with Crippen LogP contribution in [0, 0.1) is 20.4 Å². The van der Waals surface area contributed by atoms with Crippen LogP contribution in [-0.4, -0.2) is 39.9 Å². The molecule has 6 rings (SSSR count). The summed E-state index contributed by atoms with van der Waals surface area (Å²) in [5, 5.41) is 0. The summed E-state index contributed by atoms with van der Waals surface area (Å²) in [7, 11) is -7.12. The van der Waals surface area contributed by atoms with Crippen molar-refractivity contribution in [3.63, 3.8) is 0 Å². The molecule has 43 heavy (non-hydrogen) atoms. The van der Waals surface area contributed by atoms with E-state index in [1.54, 1.807) is 73.7 Å². The molecule has 0 unspecified atom stereocenters. The van der Waals surface area contributed by atoms with Crippen molar-refractivity contribution >= 4 is 53.3 Å². The number of anilines is 2. The molecule has 0 saturated carbocycles. The maximum absolute atomic E-state index is 12.7. The van der Waals surface area contributed by atoms with Crippen LogP contribution in [-0.2, 0) is 32.9 Å². The summed E-state index contributed by atoms with van der Waals surface area (Å²) >= 11 is 3.43. The van der Waals surface area contributed by atoms with Gasteiger partial charge in [0, 0.05) is 23.3 Å². The number of hydrogen-bond donors (Lipinski definition) is 0. The largest absolute Gasteiger partial charge is 0.265 e. The van der Waals surface area contributed by atoms with E-state index in [9.17, 15) is 16.8 Å². The maximum Gasteiger partial charge on any atom is 0.265 e. The number of fused-ring (bicyclic) bond motifs is 2. The fourth-order valence-corrected chi connectivity index (χ4v) is 8.02. The predicted molar refractivity (Wildman–Crippen MR) is 175 cm³/mol. The highest BCUT2D eigenvalue weighted by molar-refractivity contribution is 9.10. The summed E-state index contributed by atoms with van der Waals surface area (Å²) in [6.07, 6.45) is 1.27. The van der Waals surface area contributed by atoms with Gasteiger partial charge >= 0.3 is 0 Å². The molecule has 2 aromatic heterocycles. The number of sulfonamides is 2. The Morgan fingerprint density at radius 2 is 1.14 bits per heavy atom. The molecule has 0 radical (unpaired) electrons. The summed E-state index contributed by atoms with van der Waals surface area (Å²) in [5.74, 6) is 0.998. The maximum atomic E-state index is 12.7. The first-order valence-corrected chi connectivity index (χ1v) is 16.4. The molecular formula is C31H34BrN5O4S2. The van der Waals surface area contributed by atoms with Crippen LogP contribution >= 0.6 is 15.9 Å². The molecule has 4 heterocycles. The van der Waals surface area contributed by atoms with Crippen molar-refractivity contribution in [3.05, 3.63) is 111 Å². The number of pyridine rings is 2. The van der Waals surface area contributed by atoms with E-state index in [1.807, 2.05) is 13.0 Å². The Morgan fingerprint density at radius 3 is 1.58 bits per heavy atom. The van der Waals surface area contributed by atoms with E-state index in [2.05, 4.69) is 30.7 Å². The van der Waals surface area contributed by atoms with Crippen LogP contribution in [0.1, 0.15) is 37.4 Å². The molecule has 2 aromatic carbocycles. The SMILES string of the molecule is C.C.Cc1nc2c(cc1Br)CCN2S(=O)(=O)c1ccccc1.[C-]#[N+]c1cc2c(nc1C)N(S(=O)(=O)c1ccccc1)CC2. The van der Waals surface area contributed by atoms with Crippen molar-refractivity contribution in [3.8, 4) is 0 Å². The molecule has 0 atom stereocenters. The molecule has 2 aliphatic rings. The van der Waals surface area contributed by atoms with E-state index < -0.39 is 20.0 Å². The summed E-state index contributed by atoms with van der Waals surface area (Å²) in [5.41, 5.74) is 3.60. The highest BCUT2D eigenvalue weighted by Crippen LogP contribution is 2.35. The highest BCUT2D eigenvalue weighted by atomic mass is 79.9. The first-order valence-electron chi connectivity index (χ1n) is 12.7. The fraction of sp³-hybridized carbons (Fsp3) is 0.258. The fourth-order valence-electron chi connectivity index (χ4n) is 4.70. The lowest BCUT2D eigenvalue weighted by Crippen LogP contribution is -2.29. The van der Waals surface area contributed by atoms with Crippen LogP contribution in [0.4, 0.5) is 17.3 Å². The van der Waals surface area contributed by atoms with E-state index in [0.29, 0.717) is 53.8 Å². The summed E-state index contributed by atoms with van der Waals surface area (Å²) in [6.45, 7) is 11.5. The van der Waals surface area contributed by atoms with Gasteiger partial charge in [0.05, 0.1) is 22.1 Å². The minimum absolute atomic E-state index is 0. The van der Waals surface area contributed by atoms with E-state index in [-0.39, 0.29) is 19.7 Å². The Labute approximate surface area is 263 Å². The quantitative estimate of drug-likeness (QED) is 0.218. The Hall–Kier alpha value is -3.79. The third-order valence-electron chi connectivity index (χ3n) is 6.87. The molecule has 0 spiro atoms. The standard InChI is InChI=1S/C15H13N3O2S.C14H13BrN2O2S.2CH4/c1-11-14(16-2)10-12-8-9-18(15(12)17-11)21(19,20)13-6-4-3-5-7-13;1-10-13(15)9-11-7-8-17(14(11)16-10)20(18,19)12-5-3-2-4-6-12;;/h3-7,10H,8-9H2,1H3;2-6,9H,7-8H2,1H3;2*1H4. The van der Waals surface area contributed by atoms with E-state index in [4.69, 9.17) is 6.57 Å². The van der Waals surface area contributed by atoms with Gasteiger partial charge in [-0.3, -0.25) is 0 Å². The van der Waals surface area contributed by atoms with E-state index in [0.717, 1.165) is 21.3 Å². The summed E-state index contributed by atoms with van der Waals surface area (Å²) in [4.78, 5) is 12.7. The predicted octanol–water partition coefficient (Wildman–Crippen LogP) is 6.87. The summed E-state index contributed by atoms with van der Waals surface area (Å²) in [6, 6.07) is 20.5. The van der Waals surface area contributed by atoms with E-state index in [1.165, 1.54) is 8.61 Å². The van der Waals surface area contributed by atoms with Crippen LogP contribution < -0.4 is 8.61 Å². The second-order valence-corrected chi connectivity index (χ2v) is 14.1. The van der Waals surface area contributed by atoms with Gasteiger partial charge < -0.3 is 0 Å². The zero-order chi connectivity index (χ0) is 29.4. The minimum Gasteiger partial charge on any atom is -0.249 e. The van der Waals surface area contributed by atoms with Crippen LogP contribution in [0.25, 0.3) is 4.85 Å². The second kappa shape index (κ2) is 13.2. The van der Waals surface area contributed by atoms with Crippen LogP contribution in [0.3, 0.4) is 0 Å². The molecule has 0 N–H and O–H groups in total. The lowest BCUT2D eigenvalue weighted by Gasteiger charge is -2.19. The van der Waals surface area contributed by atoms with Gasteiger partial charge in [-0.2, -0.15) is 0 Å². The van der Waals surface area contributed by atoms with Gasteiger partial charge in [0.25, 0.3) is 20.0 Å². The van der Waals surface area contributed by atoms with Crippen LogP contribution in [0.5, 0.6) is 0 Å². The monoisotopic (exact) mass is 683 g/mol. The van der Waals surface area contributed by atoms with Gasteiger partial charge in [0.15, 0.2) is 0 Å². The average Bonchev–Trinajstić information content (AvgIpc) is 3.58. The first kappa shape index (κ1) is 33.7. The summed E-state index contributed by atoms with van der Waals surface area (Å²) < 4.78 is 54.4. The topological polar surface area (TPSA) is 105 Å². The lowest BCUT2D eigenvalue weighted by molar-refractivity contribution is 0.590. The van der Waals surface area contributed by atoms with Gasteiger partial charge in [-0.1, -0.05) is 51.3 Å². The Balaban J connectivity index is 0.000000225. The van der Waals surface area contributed by atoms with Gasteiger partial charge in [0.1, 0.15) is 11.6 Å². The molecule has 0 saturated heterocycles. The lowest BCUT2D eigenvalue weighted by atomic mass is 10.2. The van der Waals surface area contributed by atoms with Gasteiger partial charge in [0.2, 0.25) is 5.69 Å². The minimum atomic E-state index is -3.60. The number of benzene rings is 2. The average molecular weight is 685 g/mol. The number of rotatable bonds is 4. The van der Waals surface area contributed by atoms with Crippen molar-refractivity contribution in [1.29, 1.82) is 0 Å². The zero-order valence-corrected chi connectivity index (χ0v) is 25.5. The number of aromatic nitrogens is 2. The van der Waals surface area contributed by atoms with Crippen molar-refractivity contribution < 1.29 is 16.8 Å². The molecule has 0 aliphatic carbocycles. The molecule has 0 fully saturated rings. The van der Waals surface area contributed by atoms with Crippen LogP contribution in [0.15, 0.2) is 87.1 Å². The molecule has 226 valence electrons. The normalized spacial score (nSPS) is 13.4. The third kappa shape index (κ3) is 6.44. The Morgan fingerprint density at radius 1 is 0.721 bits per heavy atom. The first-order chi connectivity index (χ1) is 19.5. The van der Waals surface area contributed by atoms with Gasteiger partial charge in [-0.05, 0) is 90.1 Å². The Bertz CT molecular complexity index is 1880. The van der Waals surface area contributed by atoms with E-state index >= 15 is 0 Å². The molecule has 0 amide bonds. The number of hydrogen-bond acceptors (Lipinski definition) is 6. The molecule has 4 aromatic rings. The zero-order valence-electron chi connectivity index (χ0n) is 22.3. The van der Waals surface area contributed by atoms with Crippen molar-refractivity contribution in [2.75, 3.05) is 21.7 Å². The molecule has 9 nitrogen and oxygen atoms in total. The highest BCUT2D eigenvalue weighted by Gasteiger charge is 2.33. The van der Waals surface area contributed by atoms with Gasteiger partial charge in [-0.25, -0.2) is 40.3 Å². The number of halogens is 1. The molecular weight excluding hydrogens is 650 g/mol. The molecule has 0 bridgehead atoms. The molecule has 12 heteroatoms. The smallest absolute Gasteiger partial charge is 0.249 e. The van der Waals surface area contributed by atoms with Crippen molar-refractivity contribution in [2.24, 2.45) is 0 Å². The van der Waals surface area contributed by atoms with Crippen molar-refractivity contribution in [2.45, 2.75) is 51.3 Å². The third-order valence-corrected chi connectivity index (χ3v) is 11.3. The number of nitrogens with zero attached hydrogens (tertiary/aromatic N) is 5. The second-order valence-electron chi connectivity index (χ2n) is 9.51. The van der Waals surface area contributed by atoms with Gasteiger partial charge in [-0.15, -0.1) is 0 Å². The van der Waals surface area contributed by atoms with Crippen molar-refractivity contribution in [1.82, 2.24) is 9.97 Å². The Kier molecular flexibility index (Phi) is 10.4. The molecule has 2 aliphatic heterocycles. The number of aryl methyl sites for hydroxylation is 2.